The lowest BCUT2D eigenvalue weighted by atomic mass is 9.96. The molecule has 0 aliphatic heterocycles. The standard InChI is InChI=1S/C11H8N2O3.C6H8O7/c12-11(14)10-6-8(13(15)16)5-7-3-1-2-4-9(7)10;7-3(8)1-6(13,5(11)12)2-4(9)10/h1-6H,(H2,12,14);13H,1-2H2,(H,7,8)(H,9,10)(H,11,12). The Balaban J connectivity index is 0.000000298. The summed E-state index contributed by atoms with van der Waals surface area (Å²) >= 11 is 0. The summed E-state index contributed by atoms with van der Waals surface area (Å²) < 4.78 is 0. The number of carboxylic acid groups (broad SMARTS) is 3. The Morgan fingerprint density at radius 1 is 1.00 bits per heavy atom. The number of nitro groups is 1. The Kier molecular flexibility index (Phi) is 7.32. The van der Waals surface area contributed by atoms with Gasteiger partial charge in [-0.25, -0.2) is 4.79 Å². The number of rotatable bonds is 7. The maximum Gasteiger partial charge on any atom is 0.336 e. The fraction of sp³-hybridized carbons (Fsp3) is 0.176. The Hall–Kier alpha value is -4.06. The van der Waals surface area contributed by atoms with Crippen LogP contribution in [0.3, 0.4) is 0 Å². The SMILES string of the molecule is NC(=O)c1cc([N+](=O)[O-])cc2ccccc12.O=C(O)CC(O)(CC(=O)O)C(=O)O. The van der Waals surface area contributed by atoms with Gasteiger partial charge in [-0.3, -0.25) is 24.5 Å². The molecule has 12 nitrogen and oxygen atoms in total. The number of carbonyl (C=O) groups is 4. The van der Waals surface area contributed by atoms with Crippen LogP contribution in [0.1, 0.15) is 23.2 Å². The lowest BCUT2D eigenvalue weighted by molar-refractivity contribution is -0.384. The quantitative estimate of drug-likeness (QED) is 0.317. The fourth-order valence-electron chi connectivity index (χ4n) is 2.32. The third-order valence-electron chi connectivity index (χ3n) is 3.61. The van der Waals surface area contributed by atoms with Crippen molar-refractivity contribution in [1.82, 2.24) is 0 Å². The minimum Gasteiger partial charge on any atom is -0.481 e. The van der Waals surface area contributed by atoms with Crippen LogP contribution in [0.2, 0.25) is 0 Å². The van der Waals surface area contributed by atoms with Crippen LogP contribution in [0.5, 0.6) is 0 Å². The van der Waals surface area contributed by atoms with Crippen molar-refractivity contribution in [2.45, 2.75) is 18.4 Å². The first-order valence-corrected chi connectivity index (χ1v) is 7.73. The molecule has 0 saturated heterocycles. The predicted molar refractivity (Wildman–Crippen MR) is 96.2 cm³/mol. The number of non-ortho nitro benzene ring substituents is 1. The van der Waals surface area contributed by atoms with E-state index < -0.39 is 47.2 Å². The van der Waals surface area contributed by atoms with Crippen molar-refractivity contribution < 1.29 is 44.5 Å². The normalized spacial score (nSPS) is 10.5. The van der Waals surface area contributed by atoms with E-state index in [0.717, 1.165) is 0 Å². The van der Waals surface area contributed by atoms with Gasteiger partial charge in [0.15, 0.2) is 5.60 Å². The first-order chi connectivity index (χ1) is 13.4. The van der Waals surface area contributed by atoms with Crippen molar-refractivity contribution in [2.75, 3.05) is 0 Å². The molecule has 154 valence electrons. The van der Waals surface area contributed by atoms with E-state index in [4.69, 9.17) is 26.2 Å². The minimum atomic E-state index is -2.74. The summed E-state index contributed by atoms with van der Waals surface area (Å²) in [7, 11) is 0. The third kappa shape index (κ3) is 6.25. The predicted octanol–water partition coefficient (Wildman–Crippen LogP) is 0.598. The van der Waals surface area contributed by atoms with Crippen molar-refractivity contribution in [3.05, 3.63) is 52.1 Å². The first-order valence-electron chi connectivity index (χ1n) is 7.73. The number of benzene rings is 2. The number of nitro benzene ring substituents is 1. The van der Waals surface area contributed by atoms with Crippen LogP contribution >= 0.6 is 0 Å². The smallest absolute Gasteiger partial charge is 0.336 e. The summed E-state index contributed by atoms with van der Waals surface area (Å²) in [5.74, 6) is -5.69. The maximum absolute atomic E-state index is 11.2. The largest absolute Gasteiger partial charge is 0.481 e. The van der Waals surface area contributed by atoms with E-state index in [-0.39, 0.29) is 11.3 Å². The molecule has 0 heterocycles. The van der Waals surface area contributed by atoms with Crippen LogP contribution in [0.25, 0.3) is 10.8 Å². The van der Waals surface area contributed by atoms with Gasteiger partial charge < -0.3 is 26.2 Å². The number of carboxylic acids is 3. The zero-order valence-electron chi connectivity index (χ0n) is 14.6. The monoisotopic (exact) mass is 408 g/mol. The Bertz CT molecular complexity index is 969. The van der Waals surface area contributed by atoms with Crippen LogP contribution in [0.4, 0.5) is 5.69 Å². The van der Waals surface area contributed by atoms with Crippen molar-refractivity contribution in [3.8, 4) is 0 Å². The van der Waals surface area contributed by atoms with E-state index >= 15 is 0 Å². The molecule has 0 spiro atoms. The summed E-state index contributed by atoms with van der Waals surface area (Å²) in [4.78, 5) is 51.8. The molecule has 0 unspecified atom stereocenters. The van der Waals surface area contributed by atoms with Crippen molar-refractivity contribution in [3.63, 3.8) is 0 Å². The van der Waals surface area contributed by atoms with Gasteiger partial charge >= 0.3 is 17.9 Å². The lowest BCUT2D eigenvalue weighted by Gasteiger charge is -2.18. The number of aliphatic hydroxyl groups is 1. The van der Waals surface area contributed by atoms with E-state index in [1.807, 2.05) is 0 Å². The van der Waals surface area contributed by atoms with Gasteiger partial charge in [0.25, 0.3) is 5.69 Å². The van der Waals surface area contributed by atoms with Gasteiger partial charge in [-0.1, -0.05) is 24.3 Å². The first kappa shape index (κ1) is 23.0. The molecule has 2 aromatic carbocycles. The molecule has 12 heteroatoms. The minimum absolute atomic E-state index is 0.132. The number of aliphatic carboxylic acids is 3. The molecular formula is C17H16N2O10. The van der Waals surface area contributed by atoms with Gasteiger partial charge in [0.2, 0.25) is 5.91 Å². The van der Waals surface area contributed by atoms with E-state index in [9.17, 15) is 29.3 Å². The molecule has 0 aromatic heterocycles. The van der Waals surface area contributed by atoms with Gasteiger partial charge in [0, 0.05) is 12.1 Å². The van der Waals surface area contributed by atoms with Gasteiger partial charge in [0.1, 0.15) is 0 Å². The maximum atomic E-state index is 11.2. The average Bonchev–Trinajstić information content (AvgIpc) is 2.59. The zero-order chi connectivity index (χ0) is 22.4. The van der Waals surface area contributed by atoms with Gasteiger partial charge in [0.05, 0.1) is 23.3 Å². The number of fused-ring (bicyclic) bond motifs is 1. The average molecular weight is 408 g/mol. The number of hydrogen-bond acceptors (Lipinski definition) is 7. The highest BCUT2D eigenvalue weighted by Crippen LogP contribution is 2.24. The van der Waals surface area contributed by atoms with Crippen molar-refractivity contribution in [1.29, 1.82) is 0 Å². The lowest BCUT2D eigenvalue weighted by Crippen LogP contribution is -2.42. The number of amides is 1. The number of hydrogen-bond donors (Lipinski definition) is 5. The molecule has 0 atom stereocenters. The van der Waals surface area contributed by atoms with Crippen LogP contribution < -0.4 is 5.73 Å². The highest BCUT2D eigenvalue weighted by atomic mass is 16.6. The van der Waals surface area contributed by atoms with E-state index in [0.29, 0.717) is 10.8 Å². The molecule has 0 radical (unpaired) electrons. The number of nitrogens with two attached hydrogens (primary N) is 1. The summed E-state index contributed by atoms with van der Waals surface area (Å²) in [5.41, 5.74) is 2.49. The van der Waals surface area contributed by atoms with Crippen LogP contribution in [0, 0.1) is 10.1 Å². The molecule has 0 bridgehead atoms. The van der Waals surface area contributed by atoms with E-state index in [1.54, 1.807) is 24.3 Å². The molecule has 0 aliphatic carbocycles. The second-order valence-electron chi connectivity index (χ2n) is 5.81. The van der Waals surface area contributed by atoms with E-state index in [2.05, 4.69) is 0 Å². The molecule has 29 heavy (non-hydrogen) atoms. The molecule has 6 N–H and O–H groups in total. The number of primary amides is 1. The topological polar surface area (TPSA) is 218 Å². The van der Waals surface area contributed by atoms with Crippen molar-refractivity contribution >= 4 is 40.3 Å². The van der Waals surface area contributed by atoms with Gasteiger partial charge in [-0.05, 0) is 10.8 Å². The summed E-state index contributed by atoms with van der Waals surface area (Å²) in [6.45, 7) is 0. The van der Waals surface area contributed by atoms with Crippen LogP contribution in [0.15, 0.2) is 36.4 Å². The summed E-state index contributed by atoms with van der Waals surface area (Å²) in [6.07, 6.45) is -2.29. The van der Waals surface area contributed by atoms with Gasteiger partial charge in [-0.2, -0.15) is 0 Å². The second-order valence-corrected chi connectivity index (χ2v) is 5.81. The highest BCUT2D eigenvalue weighted by molar-refractivity contribution is 6.07. The van der Waals surface area contributed by atoms with Gasteiger partial charge in [-0.15, -0.1) is 0 Å². The summed E-state index contributed by atoms with van der Waals surface area (Å²) in [6, 6.07) is 9.53. The molecule has 1 amide bonds. The van der Waals surface area contributed by atoms with Crippen LogP contribution in [-0.2, 0) is 14.4 Å². The molecule has 2 rings (SSSR count). The second kappa shape index (κ2) is 9.23. The molecule has 2 aromatic rings. The van der Waals surface area contributed by atoms with Crippen LogP contribution in [-0.4, -0.2) is 54.8 Å². The number of nitrogens with zero attached hydrogens (tertiary/aromatic N) is 1. The van der Waals surface area contributed by atoms with E-state index in [1.165, 1.54) is 12.1 Å². The zero-order valence-corrected chi connectivity index (χ0v) is 14.6. The molecule has 0 saturated carbocycles. The summed E-state index contributed by atoms with van der Waals surface area (Å²) in [5, 5.41) is 45.7. The molecule has 0 aliphatic rings. The fourth-order valence-corrected chi connectivity index (χ4v) is 2.32. The Labute approximate surface area is 161 Å². The third-order valence-corrected chi connectivity index (χ3v) is 3.61. The number of carbonyl (C=O) groups excluding carboxylic acids is 1. The van der Waals surface area contributed by atoms with Crippen molar-refractivity contribution in [2.24, 2.45) is 5.73 Å². The molecule has 0 fully saturated rings. The molecular weight excluding hydrogens is 392 g/mol. The Morgan fingerprint density at radius 2 is 1.52 bits per heavy atom. The highest BCUT2D eigenvalue weighted by Gasteiger charge is 2.40. The Morgan fingerprint density at radius 3 is 1.93 bits per heavy atom.